The summed E-state index contributed by atoms with van der Waals surface area (Å²) in [6.07, 6.45) is 0.200. The van der Waals surface area contributed by atoms with Gasteiger partial charge in [-0.3, -0.25) is 9.59 Å². The molecule has 1 saturated carbocycles. The number of hydrogen-bond acceptors (Lipinski definition) is 4. The Hall–Kier alpha value is -2.85. The molecule has 1 aliphatic carbocycles. The van der Waals surface area contributed by atoms with Crippen molar-refractivity contribution in [2.45, 2.75) is 45.0 Å². The smallest absolute Gasteiger partial charge is 0.385 e. The maximum atomic E-state index is 14.3. The number of fused-ring (bicyclic) bond motifs is 1. The van der Waals surface area contributed by atoms with Crippen molar-refractivity contribution < 1.29 is 31.9 Å². The second kappa shape index (κ2) is 7.13. The first-order chi connectivity index (χ1) is 14.1. The zero-order valence-electron chi connectivity index (χ0n) is 16.1. The van der Waals surface area contributed by atoms with Crippen LogP contribution in [0.2, 0.25) is 0 Å². The molecule has 4 rings (SSSR count). The van der Waals surface area contributed by atoms with Gasteiger partial charge in [0.1, 0.15) is 11.7 Å². The molecule has 11 heteroatoms. The van der Waals surface area contributed by atoms with Crippen LogP contribution in [-0.4, -0.2) is 52.2 Å². The summed E-state index contributed by atoms with van der Waals surface area (Å²) in [5, 5.41) is 2.27. The molecule has 2 amide bonds. The second-order valence-corrected chi connectivity index (χ2v) is 7.96. The van der Waals surface area contributed by atoms with Crippen molar-refractivity contribution in [1.29, 1.82) is 0 Å². The predicted octanol–water partition coefficient (Wildman–Crippen LogP) is 3.12. The van der Waals surface area contributed by atoms with E-state index in [9.17, 15) is 27.2 Å². The maximum Gasteiger partial charge on any atom is 0.574 e. The highest BCUT2D eigenvalue weighted by atomic mass is 19.4. The van der Waals surface area contributed by atoms with Crippen molar-refractivity contribution in [2.75, 3.05) is 13.1 Å². The van der Waals surface area contributed by atoms with E-state index in [1.807, 2.05) is 0 Å². The van der Waals surface area contributed by atoms with Crippen molar-refractivity contribution in [3.8, 4) is 5.88 Å². The zero-order valence-corrected chi connectivity index (χ0v) is 16.1. The zero-order chi connectivity index (χ0) is 21.7. The van der Waals surface area contributed by atoms with Gasteiger partial charge >= 0.3 is 6.36 Å². The number of carbonyl (C=O) groups is 2. The summed E-state index contributed by atoms with van der Waals surface area (Å²) in [6, 6.07) is 0.254. The number of aromatic amines is 1. The molecule has 2 fully saturated rings. The van der Waals surface area contributed by atoms with Gasteiger partial charge < -0.3 is 19.9 Å². The Morgan fingerprint density at radius 1 is 1.27 bits per heavy atom. The maximum absolute atomic E-state index is 14.3. The molecular weight excluding hydrogens is 408 g/mol. The fourth-order valence-corrected chi connectivity index (χ4v) is 3.84. The van der Waals surface area contributed by atoms with Gasteiger partial charge in [-0.2, -0.15) is 0 Å². The number of pyridine rings is 1. The quantitative estimate of drug-likeness (QED) is 0.733. The standard InChI is InChI=1S/C19H20F4N4O3/c1-10(17(29)27-6-4-18(2-3-18)5-7-27)25-15(28)12-8-11-13(26-12)9-24-16(14(11)20)30-19(21,22)23/h8-10,26H,2-7H2,1H3,(H,25,28)/t10-/m0/s1. The number of aromatic nitrogens is 2. The van der Waals surface area contributed by atoms with Crippen LogP contribution in [0.15, 0.2) is 12.3 Å². The van der Waals surface area contributed by atoms with Crippen LogP contribution in [0, 0.1) is 11.2 Å². The highest BCUT2D eigenvalue weighted by Gasteiger charge is 2.45. The lowest BCUT2D eigenvalue weighted by Crippen LogP contribution is -2.49. The molecule has 2 aromatic heterocycles. The van der Waals surface area contributed by atoms with E-state index in [2.05, 4.69) is 20.0 Å². The molecule has 7 nitrogen and oxygen atoms in total. The topological polar surface area (TPSA) is 87.3 Å². The number of hydrogen-bond donors (Lipinski definition) is 2. The minimum absolute atomic E-state index is 0.0249. The van der Waals surface area contributed by atoms with Crippen LogP contribution in [0.5, 0.6) is 5.88 Å². The summed E-state index contributed by atoms with van der Waals surface area (Å²) in [4.78, 5) is 32.7. The third-order valence-corrected chi connectivity index (χ3v) is 5.85. The van der Waals surface area contributed by atoms with Crippen molar-refractivity contribution in [1.82, 2.24) is 20.2 Å². The Balaban J connectivity index is 1.43. The molecule has 1 spiro atoms. The molecule has 0 aromatic carbocycles. The Morgan fingerprint density at radius 2 is 1.93 bits per heavy atom. The van der Waals surface area contributed by atoms with Gasteiger partial charge in [-0.15, -0.1) is 13.2 Å². The first-order valence-electron chi connectivity index (χ1n) is 9.60. The summed E-state index contributed by atoms with van der Waals surface area (Å²) in [5.74, 6) is -3.46. The van der Waals surface area contributed by atoms with Gasteiger partial charge in [0.05, 0.1) is 11.7 Å². The van der Waals surface area contributed by atoms with Crippen molar-refractivity contribution in [3.05, 3.63) is 23.8 Å². The van der Waals surface area contributed by atoms with Crippen LogP contribution in [0.1, 0.15) is 43.1 Å². The van der Waals surface area contributed by atoms with Gasteiger partial charge in [0.25, 0.3) is 11.8 Å². The van der Waals surface area contributed by atoms with E-state index in [0.29, 0.717) is 18.5 Å². The summed E-state index contributed by atoms with van der Waals surface area (Å²) in [5.41, 5.74) is 0.336. The van der Waals surface area contributed by atoms with Gasteiger partial charge in [0.15, 0.2) is 5.82 Å². The van der Waals surface area contributed by atoms with E-state index >= 15 is 0 Å². The Bertz CT molecular complexity index is 990. The molecule has 0 unspecified atom stereocenters. The molecule has 2 aromatic rings. The van der Waals surface area contributed by atoms with Gasteiger partial charge in [-0.1, -0.05) is 0 Å². The highest BCUT2D eigenvalue weighted by Crippen LogP contribution is 2.53. The Labute approximate surface area is 168 Å². The lowest BCUT2D eigenvalue weighted by molar-refractivity contribution is -0.277. The largest absolute Gasteiger partial charge is 0.574 e. The van der Waals surface area contributed by atoms with Crippen molar-refractivity contribution >= 4 is 22.7 Å². The highest BCUT2D eigenvalue weighted by molar-refractivity contribution is 6.00. The number of amides is 2. The average Bonchev–Trinajstić information content (AvgIpc) is 3.27. The molecule has 2 aliphatic rings. The van der Waals surface area contributed by atoms with E-state index in [-0.39, 0.29) is 22.5 Å². The molecule has 1 saturated heterocycles. The summed E-state index contributed by atoms with van der Waals surface area (Å²) in [7, 11) is 0. The van der Waals surface area contributed by atoms with Crippen LogP contribution < -0.4 is 10.1 Å². The van der Waals surface area contributed by atoms with Crippen LogP contribution in [0.4, 0.5) is 17.6 Å². The van der Waals surface area contributed by atoms with Crippen LogP contribution in [-0.2, 0) is 4.79 Å². The molecular formula is C19H20F4N4O3. The number of rotatable bonds is 4. The van der Waals surface area contributed by atoms with Gasteiger partial charge in [-0.05, 0) is 44.1 Å². The number of nitrogens with one attached hydrogen (secondary N) is 2. The Kier molecular flexibility index (Phi) is 4.86. The molecule has 2 N–H and O–H groups in total. The van der Waals surface area contributed by atoms with E-state index < -0.39 is 30.0 Å². The van der Waals surface area contributed by atoms with Crippen LogP contribution >= 0.6 is 0 Å². The van der Waals surface area contributed by atoms with E-state index in [0.717, 1.165) is 25.1 Å². The first kappa shape index (κ1) is 20.4. The lowest BCUT2D eigenvalue weighted by atomic mass is 9.93. The van der Waals surface area contributed by atoms with E-state index in [1.165, 1.54) is 12.8 Å². The molecule has 0 bridgehead atoms. The number of ether oxygens (including phenoxy) is 1. The Morgan fingerprint density at radius 3 is 2.53 bits per heavy atom. The summed E-state index contributed by atoms with van der Waals surface area (Å²) in [6.45, 7) is 2.87. The number of H-pyrrole nitrogens is 1. The van der Waals surface area contributed by atoms with Crippen molar-refractivity contribution in [3.63, 3.8) is 0 Å². The number of alkyl halides is 3. The van der Waals surface area contributed by atoms with Crippen molar-refractivity contribution in [2.24, 2.45) is 5.41 Å². The van der Waals surface area contributed by atoms with E-state index in [4.69, 9.17) is 0 Å². The normalized spacial score (nSPS) is 19.0. The third-order valence-electron chi connectivity index (χ3n) is 5.85. The van der Waals surface area contributed by atoms with Crippen LogP contribution in [0.3, 0.4) is 0 Å². The number of likely N-dealkylation sites (tertiary alicyclic amines) is 1. The minimum atomic E-state index is -5.10. The van der Waals surface area contributed by atoms with Gasteiger partial charge in [-0.25, -0.2) is 9.37 Å². The SMILES string of the molecule is C[C@H](NC(=O)c1cc2c(F)c(OC(F)(F)F)ncc2[nH]1)C(=O)N1CCC2(CC1)CC2. The third kappa shape index (κ3) is 4.05. The molecule has 3 heterocycles. The second-order valence-electron chi connectivity index (χ2n) is 7.96. The minimum Gasteiger partial charge on any atom is -0.385 e. The first-order valence-corrected chi connectivity index (χ1v) is 9.60. The summed E-state index contributed by atoms with van der Waals surface area (Å²) < 4.78 is 54.8. The fraction of sp³-hybridized carbons (Fsp3) is 0.526. The monoisotopic (exact) mass is 428 g/mol. The fourth-order valence-electron chi connectivity index (χ4n) is 3.84. The molecule has 1 aliphatic heterocycles. The van der Waals surface area contributed by atoms with Gasteiger partial charge in [0.2, 0.25) is 5.91 Å². The number of carbonyl (C=O) groups excluding carboxylic acids is 2. The molecule has 1 atom stereocenters. The van der Waals surface area contributed by atoms with E-state index in [1.54, 1.807) is 11.8 Å². The molecule has 0 radical (unpaired) electrons. The van der Waals surface area contributed by atoms with Crippen LogP contribution in [0.25, 0.3) is 10.9 Å². The van der Waals surface area contributed by atoms with Gasteiger partial charge in [0, 0.05) is 18.5 Å². The number of halogens is 4. The number of piperidine rings is 1. The summed E-state index contributed by atoms with van der Waals surface area (Å²) >= 11 is 0. The average molecular weight is 428 g/mol. The molecule has 162 valence electrons. The predicted molar refractivity (Wildman–Crippen MR) is 97.1 cm³/mol. The number of nitrogens with zero attached hydrogens (tertiary/aromatic N) is 2. The lowest BCUT2D eigenvalue weighted by Gasteiger charge is -2.33. The molecule has 30 heavy (non-hydrogen) atoms.